The lowest BCUT2D eigenvalue weighted by Gasteiger charge is -2.68. The van der Waals surface area contributed by atoms with Gasteiger partial charge >= 0.3 is 0 Å². The van der Waals surface area contributed by atoms with Crippen molar-refractivity contribution in [2.24, 2.45) is 39.9 Å². The zero-order valence-corrected chi connectivity index (χ0v) is 21.4. The third kappa shape index (κ3) is 2.60. The second-order valence-electron chi connectivity index (χ2n) is 13.3. The van der Waals surface area contributed by atoms with Gasteiger partial charge in [0.25, 0.3) is 0 Å². The SMILES string of the molecule is CC(=O)[C@H]1CC[C@]2(C)[C@@H]1CC[C@@H]1[C@@]3(C)Cc4nc5ccccc5nc4C(C)(C)[C@@H]3CC[C@]12C. The number of rotatable bonds is 1. The molecule has 1 aromatic carbocycles. The highest BCUT2D eigenvalue weighted by Gasteiger charge is 2.68. The highest BCUT2D eigenvalue weighted by molar-refractivity contribution is 5.79. The summed E-state index contributed by atoms with van der Waals surface area (Å²) in [5.74, 6) is 2.59. The van der Waals surface area contributed by atoms with Gasteiger partial charge in [-0.3, -0.25) is 4.79 Å². The van der Waals surface area contributed by atoms with E-state index in [4.69, 9.17) is 9.97 Å². The van der Waals surface area contributed by atoms with Crippen LogP contribution in [-0.2, 0) is 16.6 Å². The van der Waals surface area contributed by atoms with Gasteiger partial charge < -0.3 is 0 Å². The van der Waals surface area contributed by atoms with Gasteiger partial charge in [0, 0.05) is 11.3 Å². The van der Waals surface area contributed by atoms with E-state index in [1.165, 1.54) is 43.5 Å². The Balaban J connectivity index is 1.47. The van der Waals surface area contributed by atoms with E-state index in [1.807, 2.05) is 6.92 Å². The Labute approximate surface area is 199 Å². The molecule has 0 spiro atoms. The largest absolute Gasteiger partial charge is 0.300 e. The van der Waals surface area contributed by atoms with Crippen LogP contribution in [0.4, 0.5) is 0 Å². The van der Waals surface area contributed by atoms with Crippen LogP contribution in [0.5, 0.6) is 0 Å². The average molecular weight is 445 g/mol. The van der Waals surface area contributed by atoms with E-state index in [0.29, 0.717) is 34.9 Å². The smallest absolute Gasteiger partial charge is 0.133 e. The molecule has 4 aliphatic carbocycles. The predicted octanol–water partition coefficient (Wildman–Crippen LogP) is 6.92. The number of ketones is 1. The third-order valence-electron chi connectivity index (χ3n) is 11.9. The first-order valence-corrected chi connectivity index (χ1v) is 13.3. The average Bonchev–Trinajstić information content (AvgIpc) is 3.11. The molecule has 0 bridgehead atoms. The number of hydrogen-bond acceptors (Lipinski definition) is 3. The van der Waals surface area contributed by atoms with Crippen LogP contribution in [0.15, 0.2) is 24.3 Å². The molecule has 0 aliphatic heterocycles. The van der Waals surface area contributed by atoms with Gasteiger partial charge in [0.2, 0.25) is 0 Å². The molecular weight excluding hydrogens is 404 g/mol. The Hall–Kier alpha value is -1.77. The van der Waals surface area contributed by atoms with Crippen LogP contribution in [0.25, 0.3) is 11.0 Å². The summed E-state index contributed by atoms with van der Waals surface area (Å²) in [6.45, 7) is 14.5. The van der Waals surface area contributed by atoms with Crippen molar-refractivity contribution in [3.8, 4) is 0 Å². The molecule has 3 heteroatoms. The van der Waals surface area contributed by atoms with E-state index >= 15 is 0 Å². The molecule has 3 saturated carbocycles. The van der Waals surface area contributed by atoms with E-state index in [0.717, 1.165) is 23.9 Å². The number of Topliss-reactive ketones (excluding diaryl/α,β-unsaturated/α-hetero) is 1. The maximum atomic E-state index is 12.5. The molecule has 0 unspecified atom stereocenters. The van der Waals surface area contributed by atoms with E-state index in [-0.39, 0.29) is 16.2 Å². The van der Waals surface area contributed by atoms with Crippen molar-refractivity contribution in [3.63, 3.8) is 0 Å². The van der Waals surface area contributed by atoms with Gasteiger partial charge in [-0.2, -0.15) is 0 Å². The second kappa shape index (κ2) is 6.67. The Kier molecular flexibility index (Phi) is 4.39. The molecule has 3 fully saturated rings. The Morgan fingerprint density at radius 1 is 0.848 bits per heavy atom. The fourth-order valence-corrected chi connectivity index (χ4v) is 10.2. The fourth-order valence-electron chi connectivity index (χ4n) is 10.2. The quantitative estimate of drug-likeness (QED) is 0.479. The summed E-state index contributed by atoms with van der Waals surface area (Å²) in [6, 6.07) is 8.37. The van der Waals surface area contributed by atoms with Crippen molar-refractivity contribution in [2.45, 2.75) is 91.9 Å². The minimum absolute atomic E-state index is 0.0239. The zero-order chi connectivity index (χ0) is 23.4. The van der Waals surface area contributed by atoms with Crippen LogP contribution in [0.2, 0.25) is 0 Å². The summed E-state index contributed by atoms with van der Waals surface area (Å²) in [5.41, 5.74) is 5.36. The Morgan fingerprint density at radius 3 is 2.21 bits per heavy atom. The number of fused-ring (bicyclic) bond motifs is 7. The van der Waals surface area contributed by atoms with E-state index in [9.17, 15) is 4.79 Å². The topological polar surface area (TPSA) is 42.9 Å². The van der Waals surface area contributed by atoms with Gasteiger partial charge in [-0.05, 0) is 98.0 Å². The summed E-state index contributed by atoms with van der Waals surface area (Å²) >= 11 is 0. The highest BCUT2D eigenvalue weighted by atomic mass is 16.1. The van der Waals surface area contributed by atoms with E-state index < -0.39 is 0 Å². The first-order valence-electron chi connectivity index (χ1n) is 13.3. The van der Waals surface area contributed by atoms with Gasteiger partial charge in [0.05, 0.1) is 22.4 Å². The number of carbonyl (C=O) groups excluding carboxylic acids is 1. The van der Waals surface area contributed by atoms with E-state index in [1.54, 1.807) is 0 Å². The third-order valence-corrected chi connectivity index (χ3v) is 11.9. The lowest BCUT2D eigenvalue weighted by Crippen LogP contribution is -2.63. The summed E-state index contributed by atoms with van der Waals surface area (Å²) in [5, 5.41) is 0. The number of benzene rings is 1. The molecule has 6 rings (SSSR count). The standard InChI is InChI=1S/C30H40N2O/c1-18(33)19-13-15-29(5)20(19)11-12-25-28(4)17-23-26(32-22-10-8-7-9-21(22)31-23)27(2,3)24(28)14-16-30(25,29)6/h7-10,19-20,24-25H,11-17H2,1-6H3/t19-,20-,24+,25-,28+,29-,30-/m1/s1. The maximum absolute atomic E-state index is 12.5. The van der Waals surface area contributed by atoms with Crippen LogP contribution in [0.1, 0.15) is 91.5 Å². The van der Waals surface area contributed by atoms with Gasteiger partial charge in [-0.1, -0.05) is 46.8 Å². The van der Waals surface area contributed by atoms with Crippen molar-refractivity contribution < 1.29 is 4.79 Å². The van der Waals surface area contributed by atoms with Gasteiger partial charge in [0.15, 0.2) is 0 Å². The first kappa shape index (κ1) is 21.7. The lowest BCUT2D eigenvalue weighted by molar-refractivity contribution is -0.185. The normalized spacial score (nSPS) is 43.3. The van der Waals surface area contributed by atoms with Crippen molar-refractivity contribution in [2.75, 3.05) is 0 Å². The van der Waals surface area contributed by atoms with Crippen molar-refractivity contribution >= 4 is 16.8 Å². The number of aromatic nitrogens is 2. The molecule has 7 atom stereocenters. The van der Waals surface area contributed by atoms with Gasteiger partial charge in [-0.15, -0.1) is 0 Å². The molecule has 33 heavy (non-hydrogen) atoms. The molecule has 1 heterocycles. The van der Waals surface area contributed by atoms with Crippen LogP contribution in [0, 0.1) is 39.9 Å². The molecule has 176 valence electrons. The minimum Gasteiger partial charge on any atom is -0.300 e. The van der Waals surface area contributed by atoms with Crippen LogP contribution in [-0.4, -0.2) is 15.8 Å². The second-order valence-corrected chi connectivity index (χ2v) is 13.3. The molecule has 0 saturated heterocycles. The Bertz CT molecular complexity index is 1150. The molecule has 3 nitrogen and oxygen atoms in total. The number of carbonyl (C=O) groups is 1. The minimum atomic E-state index is 0.0239. The van der Waals surface area contributed by atoms with Crippen molar-refractivity contribution in [1.29, 1.82) is 0 Å². The molecule has 4 aliphatic rings. The van der Waals surface area contributed by atoms with Crippen molar-refractivity contribution in [1.82, 2.24) is 9.97 Å². The van der Waals surface area contributed by atoms with Crippen LogP contribution < -0.4 is 0 Å². The van der Waals surface area contributed by atoms with Crippen LogP contribution >= 0.6 is 0 Å². The molecule has 0 amide bonds. The lowest BCUT2D eigenvalue weighted by atomic mass is 9.36. The molecule has 0 N–H and O–H groups in total. The maximum Gasteiger partial charge on any atom is 0.133 e. The zero-order valence-electron chi connectivity index (χ0n) is 21.4. The monoisotopic (exact) mass is 444 g/mol. The number of nitrogens with zero attached hydrogens (tertiary/aromatic N) is 2. The molecule has 2 aromatic rings. The molecule has 0 radical (unpaired) electrons. The first-order chi connectivity index (χ1) is 15.5. The van der Waals surface area contributed by atoms with Gasteiger partial charge in [-0.25, -0.2) is 9.97 Å². The predicted molar refractivity (Wildman–Crippen MR) is 133 cm³/mol. The molecular formula is C30H40N2O. The van der Waals surface area contributed by atoms with Crippen molar-refractivity contribution in [3.05, 3.63) is 35.7 Å². The number of para-hydroxylation sites is 2. The summed E-state index contributed by atoms with van der Waals surface area (Å²) in [4.78, 5) is 22.9. The number of hydrogen-bond donors (Lipinski definition) is 0. The summed E-state index contributed by atoms with van der Waals surface area (Å²) in [6.07, 6.45) is 8.41. The van der Waals surface area contributed by atoms with Crippen LogP contribution in [0.3, 0.4) is 0 Å². The van der Waals surface area contributed by atoms with E-state index in [2.05, 4.69) is 58.9 Å². The summed E-state index contributed by atoms with van der Waals surface area (Å²) < 4.78 is 0. The molecule has 1 aromatic heterocycles. The fraction of sp³-hybridized carbons (Fsp3) is 0.700. The highest BCUT2D eigenvalue weighted by Crippen LogP contribution is 2.74. The Morgan fingerprint density at radius 2 is 1.52 bits per heavy atom. The summed E-state index contributed by atoms with van der Waals surface area (Å²) in [7, 11) is 0. The van der Waals surface area contributed by atoms with Gasteiger partial charge in [0.1, 0.15) is 5.78 Å².